The maximum absolute atomic E-state index is 11.7. The lowest BCUT2D eigenvalue weighted by molar-refractivity contribution is 0.470. The third-order valence-electron chi connectivity index (χ3n) is 1.81. The van der Waals surface area contributed by atoms with Crippen LogP contribution in [0.4, 0.5) is 0 Å². The molecule has 2 aromatic heterocycles. The van der Waals surface area contributed by atoms with Gasteiger partial charge in [0.05, 0.1) is 0 Å². The Labute approximate surface area is 92.6 Å². The molecule has 84 valence electrons. The number of rotatable bonds is 3. The van der Waals surface area contributed by atoms with Gasteiger partial charge in [-0.15, -0.1) is 5.10 Å². The molecule has 0 bridgehead atoms. The molecule has 0 unspecified atom stereocenters. The zero-order valence-corrected chi connectivity index (χ0v) is 9.26. The molecule has 0 aliphatic heterocycles. The van der Waals surface area contributed by atoms with Crippen LogP contribution in [0.1, 0.15) is 0 Å². The predicted octanol–water partition coefficient (Wildman–Crippen LogP) is 0.583. The summed E-state index contributed by atoms with van der Waals surface area (Å²) < 4.78 is 29.7. The molecule has 16 heavy (non-hydrogen) atoms. The number of aryl methyl sites for hydroxylation is 1. The van der Waals surface area contributed by atoms with Gasteiger partial charge in [0.15, 0.2) is 0 Å². The summed E-state index contributed by atoms with van der Waals surface area (Å²) in [6.45, 7) is 0. The molecule has 0 saturated carbocycles. The first-order chi connectivity index (χ1) is 7.58. The van der Waals surface area contributed by atoms with Gasteiger partial charge in [-0.3, -0.25) is 9.67 Å². The lowest BCUT2D eigenvalue weighted by Gasteiger charge is -2.02. The average molecular weight is 239 g/mol. The molecule has 0 N–H and O–H groups in total. The Morgan fingerprint density at radius 3 is 2.75 bits per heavy atom. The monoisotopic (exact) mass is 239 g/mol. The van der Waals surface area contributed by atoms with Gasteiger partial charge in [-0.1, -0.05) is 0 Å². The topological polar surface area (TPSA) is 74.1 Å². The standard InChI is InChI=1S/C9H9N3O3S/c1-12-6-4-9(11-12)15-16(13,14)8-3-2-5-10-7-8/h2-7H,1H3. The van der Waals surface area contributed by atoms with E-state index >= 15 is 0 Å². The van der Waals surface area contributed by atoms with E-state index in [1.165, 1.54) is 35.3 Å². The van der Waals surface area contributed by atoms with Crippen molar-refractivity contribution >= 4 is 10.1 Å². The van der Waals surface area contributed by atoms with Crippen LogP contribution in [0.15, 0.2) is 41.7 Å². The number of aromatic nitrogens is 3. The summed E-state index contributed by atoms with van der Waals surface area (Å²) in [5.74, 6) is 0.0337. The van der Waals surface area contributed by atoms with Crippen molar-refractivity contribution in [3.63, 3.8) is 0 Å². The second-order valence-corrected chi connectivity index (χ2v) is 4.60. The summed E-state index contributed by atoms with van der Waals surface area (Å²) in [5.41, 5.74) is 0. The van der Waals surface area contributed by atoms with E-state index in [0.29, 0.717) is 0 Å². The SMILES string of the molecule is Cn1ccc(OS(=O)(=O)c2cccnc2)n1. The van der Waals surface area contributed by atoms with E-state index in [-0.39, 0.29) is 10.8 Å². The summed E-state index contributed by atoms with van der Waals surface area (Å²) in [6, 6.07) is 4.40. The summed E-state index contributed by atoms with van der Waals surface area (Å²) in [5, 5.41) is 3.82. The van der Waals surface area contributed by atoms with Gasteiger partial charge in [0.25, 0.3) is 5.88 Å². The molecule has 2 heterocycles. The summed E-state index contributed by atoms with van der Waals surface area (Å²) in [4.78, 5) is 3.71. The highest BCUT2D eigenvalue weighted by atomic mass is 32.2. The number of pyridine rings is 1. The average Bonchev–Trinajstić information content (AvgIpc) is 2.64. The van der Waals surface area contributed by atoms with Crippen LogP contribution in [-0.4, -0.2) is 23.2 Å². The molecule has 0 aromatic carbocycles. The predicted molar refractivity (Wildman–Crippen MR) is 55.3 cm³/mol. The van der Waals surface area contributed by atoms with E-state index in [1.807, 2.05) is 0 Å². The Bertz CT molecular complexity index is 577. The normalized spacial score (nSPS) is 11.3. The fraction of sp³-hybridized carbons (Fsp3) is 0.111. The van der Waals surface area contributed by atoms with Crippen LogP contribution >= 0.6 is 0 Å². The minimum Gasteiger partial charge on any atom is -0.357 e. The van der Waals surface area contributed by atoms with Crippen LogP contribution in [0.25, 0.3) is 0 Å². The Kier molecular flexibility index (Phi) is 2.61. The van der Waals surface area contributed by atoms with Crippen LogP contribution in [-0.2, 0) is 17.2 Å². The fourth-order valence-electron chi connectivity index (χ4n) is 1.09. The quantitative estimate of drug-likeness (QED) is 0.732. The highest BCUT2D eigenvalue weighted by Crippen LogP contribution is 2.14. The van der Waals surface area contributed by atoms with Crippen molar-refractivity contribution < 1.29 is 12.6 Å². The third kappa shape index (κ3) is 2.19. The zero-order chi connectivity index (χ0) is 11.6. The largest absolute Gasteiger partial charge is 0.357 e. The second-order valence-electron chi connectivity index (χ2n) is 3.05. The summed E-state index contributed by atoms with van der Waals surface area (Å²) in [6.07, 6.45) is 4.30. The minimum absolute atomic E-state index is 0.000605. The second kappa shape index (κ2) is 3.93. The molecule has 0 saturated heterocycles. The maximum atomic E-state index is 11.7. The van der Waals surface area contributed by atoms with Crippen molar-refractivity contribution in [3.8, 4) is 5.88 Å². The van der Waals surface area contributed by atoms with Crippen LogP contribution in [0, 0.1) is 0 Å². The first-order valence-electron chi connectivity index (χ1n) is 4.42. The van der Waals surface area contributed by atoms with Crippen molar-refractivity contribution in [2.75, 3.05) is 0 Å². The fourth-order valence-corrected chi connectivity index (χ4v) is 1.94. The highest BCUT2D eigenvalue weighted by Gasteiger charge is 2.17. The zero-order valence-electron chi connectivity index (χ0n) is 8.44. The van der Waals surface area contributed by atoms with Gasteiger partial charge < -0.3 is 4.18 Å². The van der Waals surface area contributed by atoms with Gasteiger partial charge in [0, 0.05) is 31.7 Å². The first kappa shape index (κ1) is 10.6. The molecule has 0 amide bonds. The van der Waals surface area contributed by atoms with Crippen molar-refractivity contribution in [2.24, 2.45) is 7.05 Å². The lowest BCUT2D eigenvalue weighted by atomic mass is 10.5. The van der Waals surface area contributed by atoms with Crippen LogP contribution in [0.3, 0.4) is 0 Å². The van der Waals surface area contributed by atoms with Gasteiger partial charge in [0.2, 0.25) is 0 Å². The molecule has 2 rings (SSSR count). The summed E-state index contributed by atoms with van der Waals surface area (Å²) >= 11 is 0. The van der Waals surface area contributed by atoms with Gasteiger partial charge in [0.1, 0.15) is 4.90 Å². The van der Waals surface area contributed by atoms with Gasteiger partial charge in [-0.05, 0) is 12.1 Å². The third-order valence-corrected chi connectivity index (χ3v) is 3.02. The van der Waals surface area contributed by atoms with E-state index in [0.717, 1.165) is 0 Å². The van der Waals surface area contributed by atoms with Crippen LogP contribution in [0.2, 0.25) is 0 Å². The Balaban J connectivity index is 2.28. The number of hydrogen-bond donors (Lipinski definition) is 0. The number of hydrogen-bond acceptors (Lipinski definition) is 5. The Morgan fingerprint density at radius 1 is 1.38 bits per heavy atom. The van der Waals surface area contributed by atoms with Crippen LogP contribution in [0.5, 0.6) is 5.88 Å². The highest BCUT2D eigenvalue weighted by molar-refractivity contribution is 7.87. The minimum atomic E-state index is -3.84. The molecule has 2 aromatic rings. The molecule has 0 atom stereocenters. The molecule has 0 aliphatic rings. The van der Waals surface area contributed by atoms with Crippen molar-refractivity contribution in [1.29, 1.82) is 0 Å². The van der Waals surface area contributed by atoms with Crippen molar-refractivity contribution in [3.05, 3.63) is 36.8 Å². The van der Waals surface area contributed by atoms with Crippen molar-refractivity contribution in [2.45, 2.75) is 4.90 Å². The van der Waals surface area contributed by atoms with Crippen LogP contribution < -0.4 is 4.18 Å². The Hall–Kier alpha value is -1.89. The van der Waals surface area contributed by atoms with E-state index in [1.54, 1.807) is 13.2 Å². The van der Waals surface area contributed by atoms with Gasteiger partial charge in [-0.2, -0.15) is 8.42 Å². The molecule has 0 spiro atoms. The lowest BCUT2D eigenvalue weighted by Crippen LogP contribution is -2.10. The molecular weight excluding hydrogens is 230 g/mol. The van der Waals surface area contributed by atoms with Crippen molar-refractivity contribution in [1.82, 2.24) is 14.8 Å². The van der Waals surface area contributed by atoms with E-state index in [4.69, 9.17) is 4.18 Å². The Morgan fingerprint density at radius 2 is 2.19 bits per heavy atom. The van der Waals surface area contributed by atoms with Gasteiger partial charge in [-0.25, -0.2) is 0 Å². The smallest absolute Gasteiger partial charge is 0.342 e. The molecule has 0 radical (unpaired) electrons. The van der Waals surface area contributed by atoms with Gasteiger partial charge >= 0.3 is 10.1 Å². The van der Waals surface area contributed by atoms with E-state index in [2.05, 4.69) is 10.1 Å². The molecule has 7 heteroatoms. The molecule has 6 nitrogen and oxygen atoms in total. The maximum Gasteiger partial charge on any atom is 0.342 e. The van der Waals surface area contributed by atoms with E-state index in [9.17, 15) is 8.42 Å². The first-order valence-corrected chi connectivity index (χ1v) is 5.83. The molecule has 0 fully saturated rings. The molecule has 0 aliphatic carbocycles. The summed E-state index contributed by atoms with van der Waals surface area (Å²) in [7, 11) is -2.17. The van der Waals surface area contributed by atoms with E-state index < -0.39 is 10.1 Å². The molecular formula is C9H9N3O3S. The number of nitrogens with zero attached hydrogens (tertiary/aromatic N) is 3.